The summed E-state index contributed by atoms with van der Waals surface area (Å²) in [7, 11) is 1.79. The van der Waals surface area contributed by atoms with Gasteiger partial charge in [0.15, 0.2) is 5.78 Å². The normalized spacial score (nSPS) is 23.1. The SMILES string of the molecule is CC1N(C)C(=O)OC12CCN(CCCC(=O)c1ccc(F)cc1)CC2. The molecule has 0 radical (unpaired) electrons. The van der Waals surface area contributed by atoms with Crippen molar-refractivity contribution in [2.45, 2.75) is 44.2 Å². The Morgan fingerprint density at radius 2 is 1.92 bits per heavy atom. The number of nitrogens with zero attached hydrogens (tertiary/aromatic N) is 2. The van der Waals surface area contributed by atoms with Crippen LogP contribution in [0.5, 0.6) is 0 Å². The van der Waals surface area contributed by atoms with Gasteiger partial charge in [-0.1, -0.05) is 0 Å². The number of rotatable bonds is 5. The molecule has 1 aromatic rings. The number of Topliss-reactive ketones (excluding diaryl/α,β-unsaturated/α-hetero) is 1. The Bertz CT molecular complexity index is 639. The van der Waals surface area contributed by atoms with E-state index < -0.39 is 0 Å². The predicted molar refractivity (Wildman–Crippen MR) is 92.1 cm³/mol. The van der Waals surface area contributed by atoms with Gasteiger partial charge in [-0.25, -0.2) is 9.18 Å². The predicted octanol–water partition coefficient (Wildman–Crippen LogP) is 3.09. The average Bonchev–Trinajstić information content (AvgIpc) is 2.81. The lowest BCUT2D eigenvalue weighted by Gasteiger charge is -2.40. The van der Waals surface area contributed by atoms with Gasteiger partial charge >= 0.3 is 6.09 Å². The highest BCUT2D eigenvalue weighted by Crippen LogP contribution is 2.37. The number of benzene rings is 1. The van der Waals surface area contributed by atoms with Gasteiger partial charge in [0.05, 0.1) is 6.04 Å². The summed E-state index contributed by atoms with van der Waals surface area (Å²) in [6, 6.07) is 5.81. The molecule has 2 aliphatic heterocycles. The summed E-state index contributed by atoms with van der Waals surface area (Å²) >= 11 is 0. The standard InChI is InChI=1S/C19H25FN2O3/c1-14-19(25-18(24)21(14)2)9-12-22(13-10-19)11-3-4-17(23)15-5-7-16(20)8-6-15/h5-8,14H,3-4,9-13H2,1-2H3. The monoisotopic (exact) mass is 348 g/mol. The Kier molecular flexibility index (Phi) is 5.08. The zero-order chi connectivity index (χ0) is 18.0. The Labute approximate surface area is 147 Å². The van der Waals surface area contributed by atoms with Crippen molar-refractivity contribution in [2.75, 3.05) is 26.7 Å². The maximum atomic E-state index is 12.9. The molecule has 0 N–H and O–H groups in total. The minimum atomic E-state index is -0.355. The second-order valence-electron chi connectivity index (χ2n) is 7.09. The zero-order valence-corrected chi connectivity index (χ0v) is 14.8. The molecule has 25 heavy (non-hydrogen) atoms. The molecule has 2 heterocycles. The molecular weight excluding hydrogens is 323 g/mol. The number of amides is 1. The number of ketones is 1. The van der Waals surface area contributed by atoms with Crippen LogP contribution in [0.4, 0.5) is 9.18 Å². The van der Waals surface area contributed by atoms with Gasteiger partial charge in [-0.2, -0.15) is 0 Å². The van der Waals surface area contributed by atoms with Crippen LogP contribution in [0.2, 0.25) is 0 Å². The molecule has 136 valence electrons. The van der Waals surface area contributed by atoms with Crippen LogP contribution >= 0.6 is 0 Å². The summed E-state index contributed by atoms with van der Waals surface area (Å²) in [5.74, 6) is -0.278. The summed E-state index contributed by atoms with van der Waals surface area (Å²) in [6.45, 7) is 4.63. The lowest BCUT2D eigenvalue weighted by atomic mass is 9.85. The molecule has 2 saturated heterocycles. The van der Waals surface area contributed by atoms with Gasteiger partial charge in [-0.3, -0.25) is 4.79 Å². The Balaban J connectivity index is 1.43. The van der Waals surface area contributed by atoms with Gasteiger partial charge in [0.1, 0.15) is 11.4 Å². The number of hydrogen-bond donors (Lipinski definition) is 0. The molecule has 2 aliphatic rings. The number of ether oxygens (including phenoxy) is 1. The van der Waals surface area contributed by atoms with Gasteiger partial charge in [0.2, 0.25) is 0 Å². The summed E-state index contributed by atoms with van der Waals surface area (Å²) in [4.78, 5) is 27.9. The highest BCUT2D eigenvalue weighted by molar-refractivity contribution is 5.95. The van der Waals surface area contributed by atoms with E-state index in [4.69, 9.17) is 4.74 Å². The molecule has 1 spiro atoms. The molecule has 6 heteroatoms. The number of likely N-dealkylation sites (N-methyl/N-ethyl adjacent to an activating group) is 1. The number of carbonyl (C=O) groups is 2. The van der Waals surface area contributed by atoms with Crippen molar-refractivity contribution in [1.82, 2.24) is 9.80 Å². The highest BCUT2D eigenvalue weighted by Gasteiger charge is 2.51. The summed E-state index contributed by atoms with van der Waals surface area (Å²) in [5, 5.41) is 0. The van der Waals surface area contributed by atoms with Crippen molar-refractivity contribution in [2.24, 2.45) is 0 Å². The van der Waals surface area contributed by atoms with Gasteiger partial charge in [0, 0.05) is 45.0 Å². The molecule has 1 amide bonds. The van der Waals surface area contributed by atoms with Crippen LogP contribution in [0.25, 0.3) is 0 Å². The first-order valence-electron chi connectivity index (χ1n) is 8.88. The van der Waals surface area contributed by atoms with E-state index in [1.54, 1.807) is 11.9 Å². The second-order valence-corrected chi connectivity index (χ2v) is 7.09. The van der Waals surface area contributed by atoms with Crippen LogP contribution in [-0.2, 0) is 4.74 Å². The van der Waals surface area contributed by atoms with Gasteiger partial charge in [-0.15, -0.1) is 0 Å². The lowest BCUT2D eigenvalue weighted by Crippen LogP contribution is -2.51. The van der Waals surface area contributed by atoms with E-state index in [2.05, 4.69) is 4.90 Å². The van der Waals surface area contributed by atoms with Crippen molar-refractivity contribution in [3.05, 3.63) is 35.6 Å². The maximum Gasteiger partial charge on any atom is 0.410 e. The van der Waals surface area contributed by atoms with Crippen LogP contribution in [0.3, 0.4) is 0 Å². The largest absolute Gasteiger partial charge is 0.441 e. The van der Waals surface area contributed by atoms with E-state index >= 15 is 0 Å². The number of piperidine rings is 1. The molecule has 5 nitrogen and oxygen atoms in total. The van der Waals surface area contributed by atoms with Crippen molar-refractivity contribution < 1.29 is 18.7 Å². The molecule has 0 saturated carbocycles. The van der Waals surface area contributed by atoms with Gasteiger partial charge in [0.25, 0.3) is 0 Å². The van der Waals surface area contributed by atoms with Crippen molar-refractivity contribution in [3.63, 3.8) is 0 Å². The lowest BCUT2D eigenvalue weighted by molar-refractivity contribution is -0.0175. The van der Waals surface area contributed by atoms with Gasteiger partial charge in [-0.05, 0) is 44.2 Å². The van der Waals surface area contributed by atoms with Crippen molar-refractivity contribution in [3.8, 4) is 0 Å². The minimum Gasteiger partial charge on any atom is -0.441 e. The highest BCUT2D eigenvalue weighted by atomic mass is 19.1. The molecule has 0 bridgehead atoms. The number of hydrogen-bond acceptors (Lipinski definition) is 4. The maximum absolute atomic E-state index is 12.9. The average molecular weight is 348 g/mol. The van der Waals surface area contributed by atoms with E-state index in [1.165, 1.54) is 24.3 Å². The first-order valence-corrected chi connectivity index (χ1v) is 8.88. The fourth-order valence-corrected chi connectivity index (χ4v) is 3.76. The first-order chi connectivity index (χ1) is 11.9. The van der Waals surface area contributed by atoms with Crippen molar-refractivity contribution >= 4 is 11.9 Å². The number of carbonyl (C=O) groups excluding carboxylic acids is 2. The molecule has 0 aromatic heterocycles. The van der Waals surface area contributed by atoms with E-state index in [0.29, 0.717) is 12.0 Å². The fraction of sp³-hybridized carbons (Fsp3) is 0.579. The van der Waals surface area contributed by atoms with Crippen LogP contribution in [-0.4, -0.2) is 60.0 Å². The summed E-state index contributed by atoms with van der Waals surface area (Å²) in [6.07, 6.45) is 2.66. The second kappa shape index (κ2) is 7.12. The fourth-order valence-electron chi connectivity index (χ4n) is 3.76. The number of likely N-dealkylation sites (tertiary alicyclic amines) is 1. The van der Waals surface area contributed by atoms with Crippen LogP contribution < -0.4 is 0 Å². The molecular formula is C19H25FN2O3. The van der Waals surface area contributed by atoms with E-state index in [0.717, 1.165) is 38.9 Å². The Hall–Kier alpha value is -1.95. The van der Waals surface area contributed by atoms with Crippen LogP contribution in [0.1, 0.15) is 43.0 Å². The Morgan fingerprint density at radius 3 is 2.48 bits per heavy atom. The first kappa shape index (κ1) is 17.9. The van der Waals surface area contributed by atoms with Gasteiger partial charge < -0.3 is 14.5 Å². The van der Waals surface area contributed by atoms with Crippen LogP contribution in [0, 0.1) is 5.82 Å². The minimum absolute atomic E-state index is 0.0495. The van der Waals surface area contributed by atoms with Crippen molar-refractivity contribution in [1.29, 1.82) is 0 Å². The Morgan fingerprint density at radius 1 is 1.28 bits per heavy atom. The molecule has 1 atom stereocenters. The number of halogens is 1. The van der Waals surface area contributed by atoms with Crippen LogP contribution in [0.15, 0.2) is 24.3 Å². The molecule has 0 aliphatic carbocycles. The van der Waals surface area contributed by atoms with E-state index in [1.807, 2.05) is 6.92 Å². The van der Waals surface area contributed by atoms with E-state index in [-0.39, 0.29) is 29.3 Å². The topological polar surface area (TPSA) is 49.9 Å². The summed E-state index contributed by atoms with van der Waals surface area (Å²) < 4.78 is 18.5. The summed E-state index contributed by atoms with van der Waals surface area (Å²) in [5.41, 5.74) is 0.209. The molecule has 2 fully saturated rings. The zero-order valence-electron chi connectivity index (χ0n) is 14.8. The third kappa shape index (κ3) is 3.68. The third-order valence-corrected chi connectivity index (χ3v) is 5.67. The quantitative estimate of drug-likeness (QED) is 0.767. The third-order valence-electron chi connectivity index (χ3n) is 5.67. The molecule has 3 rings (SSSR count). The molecule has 1 aromatic carbocycles. The van der Waals surface area contributed by atoms with E-state index in [9.17, 15) is 14.0 Å². The molecule has 1 unspecified atom stereocenters. The smallest absolute Gasteiger partial charge is 0.410 e.